The molecule has 0 fully saturated rings. The zero-order valence-corrected chi connectivity index (χ0v) is 12.7. The summed E-state index contributed by atoms with van der Waals surface area (Å²) in [6.45, 7) is 1.75. The van der Waals surface area contributed by atoms with Gasteiger partial charge in [-0.25, -0.2) is 4.79 Å². The van der Waals surface area contributed by atoms with E-state index < -0.39 is 5.97 Å². The lowest BCUT2D eigenvalue weighted by Gasteiger charge is -2.13. The maximum Gasteiger partial charge on any atom is 0.339 e. The Morgan fingerprint density at radius 3 is 2.52 bits per heavy atom. The van der Waals surface area contributed by atoms with Gasteiger partial charge in [-0.1, -0.05) is 48.5 Å². The minimum absolute atomic E-state index is 0.0564. The van der Waals surface area contributed by atoms with Crippen molar-refractivity contribution in [1.29, 1.82) is 0 Å². The number of fused-ring (bicyclic) bond motifs is 1. The normalized spacial score (nSPS) is 10.5. The Labute approximate surface area is 133 Å². The molecule has 0 aliphatic heterocycles. The first-order chi connectivity index (χ1) is 11.2. The SMILES string of the molecule is Cc1cccc(C(=O)O)c1OCOc1cccc2ccccc12. The van der Waals surface area contributed by atoms with Crippen LogP contribution >= 0.6 is 0 Å². The van der Waals surface area contributed by atoms with Gasteiger partial charge in [0.1, 0.15) is 17.1 Å². The second-order valence-corrected chi connectivity index (χ2v) is 5.14. The minimum Gasteiger partial charge on any atom is -0.478 e. The van der Waals surface area contributed by atoms with Crippen LogP contribution in [0.25, 0.3) is 10.8 Å². The molecular formula is C19H16O4. The predicted octanol–water partition coefficient (Wildman–Crippen LogP) is 4.26. The maximum atomic E-state index is 11.3. The van der Waals surface area contributed by atoms with Gasteiger partial charge in [0.15, 0.2) is 0 Å². The van der Waals surface area contributed by atoms with Crippen molar-refractivity contribution in [3.8, 4) is 11.5 Å². The third kappa shape index (κ3) is 3.11. The average molecular weight is 308 g/mol. The van der Waals surface area contributed by atoms with Gasteiger partial charge < -0.3 is 14.6 Å². The summed E-state index contributed by atoms with van der Waals surface area (Å²) in [5.74, 6) is 0.0163. The number of aryl methyl sites for hydroxylation is 1. The molecule has 0 amide bonds. The van der Waals surface area contributed by atoms with Crippen LogP contribution in [-0.4, -0.2) is 17.9 Å². The van der Waals surface area contributed by atoms with E-state index >= 15 is 0 Å². The van der Waals surface area contributed by atoms with E-state index in [1.807, 2.05) is 42.5 Å². The molecule has 3 rings (SSSR count). The second-order valence-electron chi connectivity index (χ2n) is 5.14. The lowest BCUT2D eigenvalue weighted by molar-refractivity contribution is 0.0682. The van der Waals surface area contributed by atoms with Gasteiger partial charge >= 0.3 is 5.97 Å². The number of ether oxygens (including phenoxy) is 2. The highest BCUT2D eigenvalue weighted by atomic mass is 16.7. The van der Waals surface area contributed by atoms with E-state index in [-0.39, 0.29) is 12.4 Å². The number of carbonyl (C=O) groups is 1. The fourth-order valence-corrected chi connectivity index (χ4v) is 2.49. The maximum absolute atomic E-state index is 11.3. The van der Waals surface area contributed by atoms with E-state index in [4.69, 9.17) is 9.47 Å². The molecule has 3 aromatic carbocycles. The zero-order valence-electron chi connectivity index (χ0n) is 12.7. The van der Waals surface area contributed by atoms with Gasteiger partial charge in [-0.05, 0) is 30.0 Å². The standard InChI is InChI=1S/C19H16O4/c1-13-6-4-10-16(19(20)21)18(13)23-12-22-17-11-5-8-14-7-2-3-9-15(14)17/h2-11H,12H2,1H3,(H,20,21). The lowest BCUT2D eigenvalue weighted by Crippen LogP contribution is -2.10. The Balaban J connectivity index is 1.79. The summed E-state index contributed by atoms with van der Waals surface area (Å²) in [6.07, 6.45) is 0. The van der Waals surface area contributed by atoms with Crippen molar-refractivity contribution in [3.05, 3.63) is 71.8 Å². The number of hydrogen-bond donors (Lipinski definition) is 1. The number of aromatic carboxylic acids is 1. The van der Waals surface area contributed by atoms with Gasteiger partial charge in [0.05, 0.1) is 0 Å². The topological polar surface area (TPSA) is 55.8 Å². The summed E-state index contributed by atoms with van der Waals surface area (Å²) in [4.78, 5) is 11.3. The monoisotopic (exact) mass is 308 g/mol. The fraction of sp³-hybridized carbons (Fsp3) is 0.105. The molecule has 23 heavy (non-hydrogen) atoms. The van der Waals surface area contributed by atoms with Crippen LogP contribution in [0.1, 0.15) is 15.9 Å². The van der Waals surface area contributed by atoms with Crippen molar-refractivity contribution in [2.45, 2.75) is 6.92 Å². The molecule has 0 aliphatic carbocycles. The molecule has 0 radical (unpaired) electrons. The van der Waals surface area contributed by atoms with Crippen molar-refractivity contribution in [1.82, 2.24) is 0 Å². The fourth-order valence-electron chi connectivity index (χ4n) is 2.49. The molecule has 1 N–H and O–H groups in total. The molecule has 0 heterocycles. The summed E-state index contributed by atoms with van der Waals surface area (Å²) in [6, 6.07) is 18.7. The van der Waals surface area contributed by atoms with Gasteiger partial charge in [0.2, 0.25) is 6.79 Å². The quantitative estimate of drug-likeness (QED) is 0.715. The van der Waals surface area contributed by atoms with Crippen LogP contribution in [0.2, 0.25) is 0 Å². The molecular weight excluding hydrogens is 292 g/mol. The van der Waals surface area contributed by atoms with E-state index in [2.05, 4.69) is 0 Å². The molecule has 3 aromatic rings. The van der Waals surface area contributed by atoms with E-state index in [1.54, 1.807) is 19.1 Å². The number of carboxylic acid groups (broad SMARTS) is 1. The zero-order chi connectivity index (χ0) is 16.2. The predicted molar refractivity (Wildman–Crippen MR) is 88.2 cm³/mol. The number of hydrogen-bond acceptors (Lipinski definition) is 3. The Kier molecular flexibility index (Phi) is 4.15. The third-order valence-corrected chi connectivity index (χ3v) is 3.61. The van der Waals surface area contributed by atoms with E-state index in [0.29, 0.717) is 11.5 Å². The average Bonchev–Trinajstić information content (AvgIpc) is 2.56. The van der Waals surface area contributed by atoms with Crippen molar-refractivity contribution < 1.29 is 19.4 Å². The third-order valence-electron chi connectivity index (χ3n) is 3.61. The molecule has 4 heteroatoms. The van der Waals surface area contributed by atoms with E-state index in [9.17, 15) is 9.90 Å². The molecule has 0 bridgehead atoms. The van der Waals surface area contributed by atoms with E-state index in [1.165, 1.54) is 6.07 Å². The Morgan fingerprint density at radius 1 is 0.957 bits per heavy atom. The van der Waals surface area contributed by atoms with Crippen molar-refractivity contribution in [2.75, 3.05) is 6.79 Å². The first kappa shape index (κ1) is 14.9. The number of benzene rings is 3. The highest BCUT2D eigenvalue weighted by molar-refractivity contribution is 5.91. The first-order valence-corrected chi connectivity index (χ1v) is 7.23. The van der Waals surface area contributed by atoms with Crippen LogP contribution in [0.15, 0.2) is 60.7 Å². The van der Waals surface area contributed by atoms with Crippen LogP contribution in [0.5, 0.6) is 11.5 Å². The van der Waals surface area contributed by atoms with E-state index in [0.717, 1.165) is 16.3 Å². The summed E-state index contributed by atoms with van der Waals surface area (Å²) >= 11 is 0. The van der Waals surface area contributed by atoms with Crippen LogP contribution in [0, 0.1) is 6.92 Å². The largest absolute Gasteiger partial charge is 0.478 e. The number of carboxylic acids is 1. The molecule has 0 saturated carbocycles. The molecule has 0 saturated heterocycles. The minimum atomic E-state index is -1.02. The highest BCUT2D eigenvalue weighted by Crippen LogP contribution is 2.27. The molecule has 0 aliphatic rings. The Hall–Kier alpha value is -3.01. The van der Waals surface area contributed by atoms with Crippen LogP contribution < -0.4 is 9.47 Å². The molecule has 0 atom stereocenters. The van der Waals surface area contributed by atoms with Gasteiger partial charge in [-0.15, -0.1) is 0 Å². The molecule has 0 spiro atoms. The lowest BCUT2D eigenvalue weighted by atomic mass is 10.1. The van der Waals surface area contributed by atoms with Gasteiger partial charge in [0, 0.05) is 5.39 Å². The summed E-state index contributed by atoms with van der Waals surface area (Å²) in [7, 11) is 0. The first-order valence-electron chi connectivity index (χ1n) is 7.23. The Morgan fingerprint density at radius 2 is 1.70 bits per heavy atom. The van der Waals surface area contributed by atoms with Crippen molar-refractivity contribution in [2.24, 2.45) is 0 Å². The molecule has 4 nitrogen and oxygen atoms in total. The molecule has 116 valence electrons. The number of rotatable bonds is 5. The molecule has 0 unspecified atom stereocenters. The summed E-state index contributed by atoms with van der Waals surface area (Å²) in [5.41, 5.74) is 0.887. The summed E-state index contributed by atoms with van der Waals surface area (Å²) < 4.78 is 11.3. The van der Waals surface area contributed by atoms with Gasteiger partial charge in [-0.2, -0.15) is 0 Å². The van der Waals surface area contributed by atoms with Gasteiger partial charge in [0.25, 0.3) is 0 Å². The van der Waals surface area contributed by atoms with Crippen molar-refractivity contribution >= 4 is 16.7 Å². The molecule has 0 aromatic heterocycles. The summed E-state index contributed by atoms with van der Waals surface area (Å²) in [5, 5.41) is 11.3. The highest BCUT2D eigenvalue weighted by Gasteiger charge is 2.13. The second kappa shape index (κ2) is 6.40. The van der Waals surface area contributed by atoms with Gasteiger partial charge in [-0.3, -0.25) is 0 Å². The van der Waals surface area contributed by atoms with Crippen LogP contribution in [-0.2, 0) is 0 Å². The van der Waals surface area contributed by atoms with Crippen LogP contribution in [0.3, 0.4) is 0 Å². The Bertz CT molecular complexity index is 850. The smallest absolute Gasteiger partial charge is 0.339 e. The van der Waals surface area contributed by atoms with Crippen LogP contribution in [0.4, 0.5) is 0 Å². The van der Waals surface area contributed by atoms with Crippen molar-refractivity contribution in [3.63, 3.8) is 0 Å². The number of para-hydroxylation sites is 1.